The number of benzene rings is 1. The largest absolute Gasteiger partial charge is 0.379 e. The lowest BCUT2D eigenvalue weighted by Crippen LogP contribution is -2.38. The molecule has 0 spiro atoms. The summed E-state index contributed by atoms with van der Waals surface area (Å²) in [7, 11) is 1.96. The highest BCUT2D eigenvalue weighted by Crippen LogP contribution is 2.31. The number of ether oxygens (including phenoxy) is 1. The van der Waals surface area contributed by atoms with E-state index in [0.29, 0.717) is 13.2 Å². The van der Waals surface area contributed by atoms with Crippen molar-refractivity contribution in [1.29, 1.82) is 5.26 Å². The van der Waals surface area contributed by atoms with Gasteiger partial charge in [0.2, 0.25) is 0 Å². The average molecular weight is 361 g/mol. The van der Waals surface area contributed by atoms with Crippen LogP contribution >= 0.6 is 15.9 Å². The fraction of sp³-hybridized carbons (Fsp3) is 0.375. The third-order valence-electron chi connectivity index (χ3n) is 3.87. The zero-order valence-corrected chi connectivity index (χ0v) is 14.0. The zero-order valence-electron chi connectivity index (χ0n) is 12.4. The minimum atomic E-state index is -0.359. The molecule has 1 aromatic heterocycles. The predicted molar refractivity (Wildman–Crippen MR) is 87.1 cm³/mol. The predicted octanol–water partition coefficient (Wildman–Crippen LogP) is 2.75. The number of halogens is 1. The van der Waals surface area contributed by atoms with Crippen LogP contribution in [-0.2, 0) is 11.8 Å². The molecule has 0 bridgehead atoms. The van der Waals surface area contributed by atoms with Crippen molar-refractivity contribution in [3.8, 4) is 17.5 Å². The minimum absolute atomic E-state index is 0.359. The standard InChI is InChI=1S/C16H17BrN4O/c1-20-15(17)14(13(11-18)21-7-9-22-10-8-21)19-16(20)12-5-3-2-4-6-12/h2-6,13H,7-10H2,1H3. The summed E-state index contributed by atoms with van der Waals surface area (Å²) in [5.74, 6) is 0.857. The number of nitrogens with zero attached hydrogens (tertiary/aromatic N) is 4. The molecule has 2 heterocycles. The van der Waals surface area contributed by atoms with Crippen molar-refractivity contribution in [3.63, 3.8) is 0 Å². The van der Waals surface area contributed by atoms with Gasteiger partial charge in [0.25, 0.3) is 0 Å². The summed E-state index contributed by atoms with van der Waals surface area (Å²) in [6.45, 7) is 2.83. The highest BCUT2D eigenvalue weighted by molar-refractivity contribution is 9.10. The van der Waals surface area contributed by atoms with Crippen LogP contribution in [0.3, 0.4) is 0 Å². The summed E-state index contributed by atoms with van der Waals surface area (Å²) >= 11 is 3.60. The molecule has 0 N–H and O–H groups in total. The van der Waals surface area contributed by atoms with Crippen LogP contribution in [0.5, 0.6) is 0 Å². The van der Waals surface area contributed by atoms with Crippen molar-refractivity contribution in [3.05, 3.63) is 40.6 Å². The van der Waals surface area contributed by atoms with Crippen molar-refractivity contribution >= 4 is 15.9 Å². The van der Waals surface area contributed by atoms with Gasteiger partial charge in [0, 0.05) is 25.7 Å². The summed E-state index contributed by atoms with van der Waals surface area (Å²) in [5, 5.41) is 9.62. The van der Waals surface area contributed by atoms with E-state index in [0.717, 1.165) is 34.8 Å². The van der Waals surface area contributed by atoms with Crippen LogP contribution in [0.2, 0.25) is 0 Å². The van der Waals surface area contributed by atoms with Crippen molar-refractivity contribution in [2.24, 2.45) is 7.05 Å². The summed E-state index contributed by atoms with van der Waals surface area (Å²) in [5.41, 5.74) is 1.81. The van der Waals surface area contributed by atoms with Gasteiger partial charge in [-0.1, -0.05) is 30.3 Å². The fourth-order valence-electron chi connectivity index (χ4n) is 2.67. The molecular formula is C16H17BrN4O. The van der Waals surface area contributed by atoms with E-state index in [-0.39, 0.29) is 6.04 Å². The molecule has 1 aliphatic rings. The van der Waals surface area contributed by atoms with Gasteiger partial charge in [0.15, 0.2) is 0 Å². The lowest BCUT2D eigenvalue weighted by molar-refractivity contribution is 0.0259. The molecule has 1 aliphatic heterocycles. The first-order valence-electron chi connectivity index (χ1n) is 7.21. The van der Waals surface area contributed by atoms with E-state index < -0.39 is 0 Å². The first-order valence-corrected chi connectivity index (χ1v) is 8.00. The summed E-state index contributed by atoms with van der Waals surface area (Å²) < 4.78 is 8.20. The van der Waals surface area contributed by atoms with Crippen LogP contribution in [0.1, 0.15) is 11.7 Å². The molecule has 0 amide bonds. The van der Waals surface area contributed by atoms with Crippen molar-refractivity contribution in [2.45, 2.75) is 6.04 Å². The van der Waals surface area contributed by atoms with Gasteiger partial charge in [-0.3, -0.25) is 4.90 Å². The van der Waals surface area contributed by atoms with Crippen molar-refractivity contribution in [2.75, 3.05) is 26.3 Å². The van der Waals surface area contributed by atoms with Crippen LogP contribution < -0.4 is 0 Å². The van der Waals surface area contributed by atoms with Gasteiger partial charge >= 0.3 is 0 Å². The number of rotatable bonds is 3. The lowest BCUT2D eigenvalue weighted by atomic mass is 10.2. The van der Waals surface area contributed by atoms with E-state index in [1.165, 1.54) is 0 Å². The molecule has 0 aliphatic carbocycles. The Kier molecular flexibility index (Phi) is 4.57. The fourth-order valence-corrected chi connectivity index (χ4v) is 3.14. The highest BCUT2D eigenvalue weighted by atomic mass is 79.9. The monoisotopic (exact) mass is 360 g/mol. The molecule has 2 aromatic rings. The molecule has 0 radical (unpaired) electrons. The van der Waals surface area contributed by atoms with Crippen LogP contribution in [0, 0.1) is 11.3 Å². The van der Waals surface area contributed by atoms with Gasteiger partial charge in [-0.15, -0.1) is 0 Å². The Labute approximate surface area is 138 Å². The van der Waals surface area contributed by atoms with Crippen LogP contribution in [-0.4, -0.2) is 40.8 Å². The smallest absolute Gasteiger partial charge is 0.143 e. The second kappa shape index (κ2) is 6.61. The van der Waals surface area contributed by atoms with E-state index in [2.05, 4.69) is 26.9 Å². The number of aromatic nitrogens is 2. The zero-order chi connectivity index (χ0) is 15.5. The van der Waals surface area contributed by atoms with E-state index >= 15 is 0 Å². The molecule has 1 unspecified atom stereocenters. The Morgan fingerprint density at radius 1 is 1.27 bits per heavy atom. The highest BCUT2D eigenvalue weighted by Gasteiger charge is 2.28. The number of hydrogen-bond donors (Lipinski definition) is 0. The molecule has 5 nitrogen and oxygen atoms in total. The quantitative estimate of drug-likeness (QED) is 0.844. The van der Waals surface area contributed by atoms with Gasteiger partial charge in [-0.2, -0.15) is 5.26 Å². The molecule has 1 fully saturated rings. The molecule has 22 heavy (non-hydrogen) atoms. The summed E-state index contributed by atoms with van der Waals surface area (Å²) in [6.07, 6.45) is 0. The Morgan fingerprint density at radius 2 is 1.95 bits per heavy atom. The maximum absolute atomic E-state index is 9.62. The maximum Gasteiger partial charge on any atom is 0.143 e. The third kappa shape index (κ3) is 2.80. The SMILES string of the molecule is Cn1c(-c2ccccc2)nc(C(C#N)N2CCOCC2)c1Br. The average Bonchev–Trinajstić information content (AvgIpc) is 2.86. The van der Waals surface area contributed by atoms with Crippen molar-refractivity contribution in [1.82, 2.24) is 14.5 Å². The molecule has 1 aromatic carbocycles. The Balaban J connectivity index is 1.99. The third-order valence-corrected chi connectivity index (χ3v) is 4.81. The van der Waals surface area contributed by atoms with E-state index in [9.17, 15) is 5.26 Å². The molecule has 3 rings (SSSR count). The van der Waals surface area contributed by atoms with Gasteiger partial charge in [-0.25, -0.2) is 4.98 Å². The Morgan fingerprint density at radius 3 is 2.59 bits per heavy atom. The molecule has 0 saturated carbocycles. The van der Waals surface area contributed by atoms with Gasteiger partial charge in [0.05, 0.1) is 19.3 Å². The van der Waals surface area contributed by atoms with Gasteiger partial charge in [0.1, 0.15) is 22.2 Å². The number of imidazole rings is 1. The van der Waals surface area contributed by atoms with Crippen molar-refractivity contribution < 1.29 is 4.74 Å². The van der Waals surface area contributed by atoms with Crippen LogP contribution in [0.15, 0.2) is 34.9 Å². The second-order valence-electron chi connectivity index (χ2n) is 5.22. The lowest BCUT2D eigenvalue weighted by Gasteiger charge is -2.29. The molecule has 1 atom stereocenters. The maximum atomic E-state index is 9.62. The summed E-state index contributed by atoms with van der Waals surface area (Å²) in [6, 6.07) is 12.0. The van der Waals surface area contributed by atoms with Gasteiger partial charge in [-0.05, 0) is 15.9 Å². The number of nitriles is 1. The minimum Gasteiger partial charge on any atom is -0.379 e. The topological polar surface area (TPSA) is 54.1 Å². The molecule has 6 heteroatoms. The number of morpholine rings is 1. The second-order valence-corrected chi connectivity index (χ2v) is 5.97. The number of hydrogen-bond acceptors (Lipinski definition) is 4. The molecular weight excluding hydrogens is 344 g/mol. The summed E-state index contributed by atoms with van der Waals surface area (Å²) in [4.78, 5) is 6.85. The molecule has 114 valence electrons. The van der Waals surface area contributed by atoms with Crippen LogP contribution in [0.25, 0.3) is 11.4 Å². The first-order chi connectivity index (χ1) is 10.7. The van der Waals surface area contributed by atoms with E-state index in [4.69, 9.17) is 9.72 Å². The van der Waals surface area contributed by atoms with Gasteiger partial charge < -0.3 is 9.30 Å². The Hall–Kier alpha value is -1.68. The molecule has 1 saturated heterocycles. The first kappa shape index (κ1) is 15.2. The Bertz CT molecular complexity index is 686. The van der Waals surface area contributed by atoms with E-state index in [1.54, 1.807) is 0 Å². The normalized spacial score (nSPS) is 17.1. The van der Waals surface area contributed by atoms with E-state index in [1.807, 2.05) is 41.9 Å². The van der Waals surface area contributed by atoms with Crippen LogP contribution in [0.4, 0.5) is 0 Å².